The molecule has 2 aromatic rings. The number of aliphatic hydroxyl groups excluding tert-OH is 2. The molecule has 0 spiro atoms. The maximum atomic E-state index is 13.6. The fraction of sp³-hybridized carbons (Fsp3) is 0.533. The van der Waals surface area contributed by atoms with Crippen LogP contribution < -0.4 is 0 Å². The highest BCUT2D eigenvalue weighted by atomic mass is 19.1. The molecule has 2 aliphatic heterocycles. The quantitative estimate of drug-likeness (QED) is 0.521. The molecule has 0 radical (unpaired) electrons. The summed E-state index contributed by atoms with van der Waals surface area (Å²) in [6, 6.07) is 6.16. The summed E-state index contributed by atoms with van der Waals surface area (Å²) in [6.45, 7) is 12.0. The Morgan fingerprint density at radius 2 is 1.05 bits per heavy atom. The minimum Gasteiger partial charge on any atom is -0.444 e. The summed E-state index contributed by atoms with van der Waals surface area (Å²) in [5.41, 5.74) is 2.97. The predicted octanol–water partition coefficient (Wildman–Crippen LogP) is 5.22. The average Bonchev–Trinajstić information content (AvgIpc) is 2.85. The normalized spacial score (nSPS) is 14.9. The van der Waals surface area contributed by atoms with Gasteiger partial charge in [0.1, 0.15) is 22.8 Å². The van der Waals surface area contributed by atoms with Gasteiger partial charge in [-0.25, -0.2) is 18.4 Å². The van der Waals surface area contributed by atoms with E-state index in [0.717, 1.165) is 22.3 Å². The van der Waals surface area contributed by atoms with Crippen molar-refractivity contribution in [2.24, 2.45) is 0 Å². The van der Waals surface area contributed by atoms with Gasteiger partial charge in [-0.05, 0) is 101 Å². The Morgan fingerprint density at radius 3 is 1.35 bits per heavy atom. The molecule has 2 heterocycles. The van der Waals surface area contributed by atoms with Crippen LogP contribution in [-0.4, -0.2) is 56.5 Å². The maximum absolute atomic E-state index is 13.6. The van der Waals surface area contributed by atoms with Crippen molar-refractivity contribution in [2.45, 2.75) is 91.9 Å². The van der Waals surface area contributed by atoms with E-state index >= 15 is 0 Å². The van der Waals surface area contributed by atoms with E-state index in [1.54, 1.807) is 21.9 Å². The van der Waals surface area contributed by atoms with Gasteiger partial charge >= 0.3 is 12.2 Å². The third-order valence-corrected chi connectivity index (χ3v) is 6.41. The second-order valence-electron chi connectivity index (χ2n) is 12.0. The van der Waals surface area contributed by atoms with Crippen LogP contribution in [0.5, 0.6) is 0 Å². The third kappa shape index (κ3) is 8.38. The first-order valence-corrected chi connectivity index (χ1v) is 13.4. The van der Waals surface area contributed by atoms with E-state index in [1.807, 2.05) is 41.5 Å². The molecule has 2 aromatic carbocycles. The molecule has 10 heteroatoms. The van der Waals surface area contributed by atoms with Crippen molar-refractivity contribution in [1.82, 2.24) is 9.80 Å². The van der Waals surface area contributed by atoms with Gasteiger partial charge in [-0.1, -0.05) is 0 Å². The Balaban J connectivity index is 0.000000220. The van der Waals surface area contributed by atoms with Gasteiger partial charge in [-0.15, -0.1) is 0 Å². The summed E-state index contributed by atoms with van der Waals surface area (Å²) in [4.78, 5) is 27.3. The molecule has 220 valence electrons. The Hall–Kier alpha value is -3.24. The molecule has 0 unspecified atom stereocenters. The molecule has 4 rings (SSSR count). The van der Waals surface area contributed by atoms with E-state index in [2.05, 4.69) is 0 Å². The molecule has 0 aliphatic carbocycles. The lowest BCUT2D eigenvalue weighted by Gasteiger charge is -2.31. The van der Waals surface area contributed by atoms with Gasteiger partial charge in [0, 0.05) is 37.3 Å². The van der Waals surface area contributed by atoms with Crippen molar-refractivity contribution >= 4 is 12.2 Å². The average molecular weight is 563 g/mol. The van der Waals surface area contributed by atoms with Crippen LogP contribution in [0, 0.1) is 11.6 Å². The van der Waals surface area contributed by atoms with Crippen molar-refractivity contribution in [3.05, 3.63) is 69.3 Å². The Morgan fingerprint density at radius 1 is 0.700 bits per heavy atom. The van der Waals surface area contributed by atoms with Crippen LogP contribution in [-0.2, 0) is 48.6 Å². The minimum atomic E-state index is -0.531. The van der Waals surface area contributed by atoms with Gasteiger partial charge in [0.15, 0.2) is 0 Å². The zero-order chi connectivity index (χ0) is 29.8. The van der Waals surface area contributed by atoms with E-state index in [1.165, 1.54) is 12.1 Å². The smallest absolute Gasteiger partial charge is 0.410 e. The molecular weight excluding hydrogens is 522 g/mol. The van der Waals surface area contributed by atoms with Gasteiger partial charge < -0.3 is 29.5 Å². The number of nitrogens with zero attached hydrogens (tertiary/aromatic N) is 2. The molecule has 2 aliphatic rings. The number of amides is 2. The van der Waals surface area contributed by atoms with Crippen LogP contribution in [0.15, 0.2) is 24.3 Å². The lowest BCUT2D eigenvalue weighted by atomic mass is 9.97. The number of aliphatic hydroxyl groups is 2. The molecule has 0 atom stereocenters. The summed E-state index contributed by atoms with van der Waals surface area (Å²) in [6.07, 6.45) is 0.463. The molecule has 2 N–H and O–H groups in total. The molecule has 8 nitrogen and oxygen atoms in total. The number of hydrogen-bond donors (Lipinski definition) is 2. The Labute approximate surface area is 234 Å². The first-order chi connectivity index (χ1) is 18.6. The number of hydrogen-bond acceptors (Lipinski definition) is 6. The highest BCUT2D eigenvalue weighted by Gasteiger charge is 2.27. The van der Waals surface area contributed by atoms with Crippen molar-refractivity contribution in [2.75, 3.05) is 13.1 Å². The first kappa shape index (κ1) is 31.3. The van der Waals surface area contributed by atoms with Crippen LogP contribution in [0.1, 0.15) is 74.9 Å². The Kier molecular flexibility index (Phi) is 9.79. The number of carbonyl (C=O) groups is 2. The van der Waals surface area contributed by atoms with E-state index in [4.69, 9.17) is 19.7 Å². The van der Waals surface area contributed by atoms with E-state index < -0.39 is 22.8 Å². The largest absolute Gasteiger partial charge is 0.444 e. The standard InChI is InChI=1S/2C15H20FNO3/c2*1-15(2,3)20-14(19)17-5-4-10-7-13(16)12(9-18)6-11(10)8-17/h2*6-7,18H,4-5,8-9H2,1-3H3. The fourth-order valence-corrected chi connectivity index (χ4v) is 4.47. The molecule has 0 fully saturated rings. The zero-order valence-corrected chi connectivity index (χ0v) is 24.1. The number of benzene rings is 2. The molecule has 40 heavy (non-hydrogen) atoms. The third-order valence-electron chi connectivity index (χ3n) is 6.41. The second kappa shape index (κ2) is 12.5. The number of halogens is 2. The van der Waals surface area contributed by atoms with Crippen molar-refractivity contribution < 1.29 is 38.1 Å². The summed E-state index contributed by atoms with van der Waals surface area (Å²) in [5.74, 6) is -0.783. The summed E-state index contributed by atoms with van der Waals surface area (Å²) < 4.78 is 37.9. The summed E-state index contributed by atoms with van der Waals surface area (Å²) in [7, 11) is 0. The van der Waals surface area contributed by atoms with Crippen LogP contribution >= 0.6 is 0 Å². The van der Waals surface area contributed by atoms with E-state index in [0.29, 0.717) is 39.0 Å². The molecule has 0 saturated heterocycles. The van der Waals surface area contributed by atoms with E-state index in [-0.39, 0.29) is 36.5 Å². The minimum absolute atomic E-state index is 0.259. The molecular formula is C30H40F2N2O6. The van der Waals surface area contributed by atoms with Gasteiger partial charge in [-0.2, -0.15) is 0 Å². The highest BCUT2D eigenvalue weighted by Crippen LogP contribution is 2.25. The van der Waals surface area contributed by atoms with Crippen molar-refractivity contribution in [1.29, 1.82) is 0 Å². The fourth-order valence-electron chi connectivity index (χ4n) is 4.47. The summed E-state index contributed by atoms with van der Waals surface area (Å²) in [5, 5.41) is 18.2. The Bertz CT molecular complexity index is 1140. The van der Waals surface area contributed by atoms with Crippen LogP contribution in [0.4, 0.5) is 18.4 Å². The van der Waals surface area contributed by atoms with Crippen molar-refractivity contribution in [3.8, 4) is 0 Å². The van der Waals surface area contributed by atoms with Gasteiger partial charge in [0.05, 0.1) is 13.2 Å². The van der Waals surface area contributed by atoms with Crippen LogP contribution in [0.3, 0.4) is 0 Å². The second-order valence-corrected chi connectivity index (χ2v) is 12.0. The van der Waals surface area contributed by atoms with Crippen LogP contribution in [0.25, 0.3) is 0 Å². The molecule has 0 bridgehead atoms. The van der Waals surface area contributed by atoms with Crippen molar-refractivity contribution in [3.63, 3.8) is 0 Å². The number of carbonyl (C=O) groups excluding carboxylic acids is 2. The monoisotopic (exact) mass is 562 g/mol. The summed E-state index contributed by atoms with van der Waals surface area (Å²) >= 11 is 0. The van der Waals surface area contributed by atoms with Gasteiger partial charge in [0.25, 0.3) is 0 Å². The topological polar surface area (TPSA) is 99.5 Å². The van der Waals surface area contributed by atoms with Gasteiger partial charge in [-0.3, -0.25) is 0 Å². The number of fused-ring (bicyclic) bond motifs is 2. The zero-order valence-electron chi connectivity index (χ0n) is 24.1. The maximum Gasteiger partial charge on any atom is 0.410 e. The lowest BCUT2D eigenvalue weighted by molar-refractivity contribution is 0.0213. The number of rotatable bonds is 2. The SMILES string of the molecule is CC(C)(C)OC(=O)N1CCc2cc(F)c(CO)cc2C1.CC(C)(C)OC(=O)N1CCc2cc(F)c(CO)cc2C1. The van der Waals surface area contributed by atoms with E-state index in [9.17, 15) is 18.4 Å². The molecule has 0 aromatic heterocycles. The van der Waals surface area contributed by atoms with Crippen LogP contribution in [0.2, 0.25) is 0 Å². The predicted molar refractivity (Wildman–Crippen MR) is 145 cm³/mol. The lowest BCUT2D eigenvalue weighted by Crippen LogP contribution is -2.40. The first-order valence-electron chi connectivity index (χ1n) is 13.4. The molecule has 0 saturated carbocycles. The number of ether oxygens (including phenoxy) is 2. The van der Waals surface area contributed by atoms with Gasteiger partial charge in [0.2, 0.25) is 0 Å². The highest BCUT2D eigenvalue weighted by molar-refractivity contribution is 5.69. The molecule has 2 amide bonds.